The van der Waals surface area contributed by atoms with E-state index in [1.807, 2.05) is 0 Å². The summed E-state index contributed by atoms with van der Waals surface area (Å²) in [6.07, 6.45) is 2.24. The Bertz CT molecular complexity index is 1600. The molecule has 46 heavy (non-hydrogen) atoms. The van der Waals surface area contributed by atoms with Crippen molar-refractivity contribution in [1.29, 1.82) is 0 Å². The SMILES string of the molecule is COC(=O)/C=C/CC[C@H](NC(=O)c1sc(C(F)(F)F)nc1C)C(=O)Nc1cccn(CC(=O)NC2CC3CC[C@]2(C)C3(C)C)c1=O. The number of carbonyl (C=O) groups is 4. The number of ether oxygens (including phenoxy) is 1. The number of nitrogens with zero attached hydrogens (tertiary/aromatic N) is 2. The fraction of sp³-hybridized carbons (Fsp3) is 0.548. The van der Waals surface area contributed by atoms with Crippen molar-refractivity contribution >= 4 is 40.7 Å². The molecule has 4 atom stereocenters. The van der Waals surface area contributed by atoms with E-state index in [-0.39, 0.29) is 69.8 Å². The minimum atomic E-state index is -4.75. The Morgan fingerprint density at radius 2 is 1.96 bits per heavy atom. The first-order chi connectivity index (χ1) is 21.5. The molecule has 3 N–H and O–H groups in total. The molecular formula is C31H38F3N5O6S. The molecule has 0 aromatic carbocycles. The van der Waals surface area contributed by atoms with E-state index in [0.717, 1.165) is 29.9 Å². The number of pyridine rings is 1. The summed E-state index contributed by atoms with van der Waals surface area (Å²) in [5.74, 6) is -2.24. The van der Waals surface area contributed by atoms with Crippen molar-refractivity contribution in [1.82, 2.24) is 20.2 Å². The quantitative estimate of drug-likeness (QED) is 0.241. The number of thiazole rings is 1. The Balaban J connectivity index is 1.47. The van der Waals surface area contributed by atoms with Crippen molar-refractivity contribution in [2.24, 2.45) is 16.7 Å². The number of carbonyl (C=O) groups excluding carboxylic acids is 4. The van der Waals surface area contributed by atoms with Crippen LogP contribution in [0.25, 0.3) is 0 Å². The summed E-state index contributed by atoms with van der Waals surface area (Å²) in [5, 5.41) is 6.79. The zero-order chi connectivity index (χ0) is 34.0. The third-order valence-electron chi connectivity index (χ3n) is 9.67. The summed E-state index contributed by atoms with van der Waals surface area (Å²) in [7, 11) is 1.19. The number of anilines is 1. The Morgan fingerprint density at radius 1 is 1.24 bits per heavy atom. The molecule has 11 nitrogen and oxygen atoms in total. The fourth-order valence-electron chi connectivity index (χ4n) is 6.52. The molecule has 250 valence electrons. The van der Waals surface area contributed by atoms with Crippen molar-refractivity contribution in [2.45, 2.75) is 84.6 Å². The van der Waals surface area contributed by atoms with Crippen LogP contribution in [0.4, 0.5) is 18.9 Å². The van der Waals surface area contributed by atoms with E-state index in [1.165, 1.54) is 38.4 Å². The monoisotopic (exact) mass is 665 g/mol. The summed E-state index contributed by atoms with van der Waals surface area (Å²) < 4.78 is 45.2. The minimum absolute atomic E-state index is 0.0145. The summed E-state index contributed by atoms with van der Waals surface area (Å²) in [6.45, 7) is 7.63. The molecule has 15 heteroatoms. The van der Waals surface area contributed by atoms with Crippen molar-refractivity contribution in [3.05, 3.63) is 56.4 Å². The largest absolute Gasteiger partial charge is 0.466 e. The van der Waals surface area contributed by atoms with Gasteiger partial charge in [0.1, 0.15) is 23.2 Å². The Hall–Kier alpha value is -4.01. The summed E-state index contributed by atoms with van der Waals surface area (Å²) in [6, 6.07) is 1.49. The highest BCUT2D eigenvalue weighted by Crippen LogP contribution is 2.65. The van der Waals surface area contributed by atoms with Gasteiger partial charge in [0.15, 0.2) is 5.01 Å². The normalized spacial score (nSPS) is 22.4. The Kier molecular flexibility index (Phi) is 10.1. The molecule has 2 aliphatic rings. The Morgan fingerprint density at radius 3 is 2.54 bits per heavy atom. The maximum absolute atomic E-state index is 13.3. The van der Waals surface area contributed by atoms with Crippen LogP contribution < -0.4 is 21.5 Å². The van der Waals surface area contributed by atoms with Crippen LogP contribution >= 0.6 is 11.3 Å². The predicted molar refractivity (Wildman–Crippen MR) is 164 cm³/mol. The number of halogens is 3. The molecule has 2 aliphatic carbocycles. The van der Waals surface area contributed by atoms with Gasteiger partial charge in [-0.1, -0.05) is 26.8 Å². The van der Waals surface area contributed by atoms with Crippen LogP contribution in [0, 0.1) is 23.7 Å². The zero-order valence-corrected chi connectivity index (χ0v) is 27.1. The first kappa shape index (κ1) is 34.9. The second-order valence-electron chi connectivity index (χ2n) is 12.5. The smallest absolute Gasteiger partial charge is 0.443 e. The molecule has 2 bridgehead atoms. The molecular weight excluding hydrogens is 627 g/mol. The van der Waals surface area contributed by atoms with Gasteiger partial charge >= 0.3 is 12.1 Å². The first-order valence-corrected chi connectivity index (χ1v) is 15.7. The highest BCUT2D eigenvalue weighted by molar-refractivity contribution is 7.13. The lowest BCUT2D eigenvalue weighted by atomic mass is 9.69. The molecule has 2 unspecified atom stereocenters. The molecule has 3 amide bonds. The minimum Gasteiger partial charge on any atom is -0.466 e. The molecule has 0 aliphatic heterocycles. The van der Waals surface area contributed by atoms with E-state index in [0.29, 0.717) is 5.92 Å². The van der Waals surface area contributed by atoms with Gasteiger partial charge in [0, 0.05) is 18.3 Å². The standard InChI is InChI=1S/C31H38F3N5O6S/c1-17-24(46-28(35-17)31(32,33)34)26(43)36-19(9-6-7-11-23(41)45-5)25(42)37-20-10-8-14-39(27(20)44)16-22(40)38-21-15-18-12-13-30(21,4)29(18,2)3/h7-8,10-11,14,18-19,21H,6,9,12-13,15-16H2,1-5H3,(H,36,43)(H,37,42)(H,38,40)/b11-7+/t18?,19-,21?,30-/m0/s1. The molecule has 2 saturated carbocycles. The second-order valence-corrected chi connectivity index (χ2v) is 13.5. The van der Waals surface area contributed by atoms with E-state index in [2.05, 4.69) is 46.4 Å². The van der Waals surface area contributed by atoms with Crippen LogP contribution in [-0.4, -0.2) is 52.4 Å². The zero-order valence-electron chi connectivity index (χ0n) is 26.2. The molecule has 2 aromatic heterocycles. The van der Waals surface area contributed by atoms with Crippen LogP contribution in [0.5, 0.6) is 0 Å². The van der Waals surface area contributed by atoms with Gasteiger partial charge in [-0.3, -0.25) is 19.2 Å². The highest BCUT2D eigenvalue weighted by atomic mass is 32.1. The van der Waals surface area contributed by atoms with Crippen LogP contribution in [-0.2, 0) is 31.8 Å². The molecule has 2 aromatic rings. The van der Waals surface area contributed by atoms with E-state index in [9.17, 15) is 37.1 Å². The van der Waals surface area contributed by atoms with Crippen molar-refractivity contribution < 1.29 is 37.1 Å². The lowest BCUT2D eigenvalue weighted by Gasteiger charge is -2.39. The van der Waals surface area contributed by atoms with Crippen LogP contribution in [0.3, 0.4) is 0 Å². The van der Waals surface area contributed by atoms with Gasteiger partial charge in [0.05, 0.1) is 12.8 Å². The second kappa shape index (κ2) is 13.4. The summed E-state index contributed by atoms with van der Waals surface area (Å²) in [5.41, 5.74) is -0.940. The first-order valence-electron chi connectivity index (χ1n) is 14.9. The number of fused-ring (bicyclic) bond motifs is 2. The number of esters is 1. The number of hydrogen-bond acceptors (Lipinski definition) is 8. The average molecular weight is 666 g/mol. The molecule has 4 rings (SSSR count). The molecule has 2 fully saturated rings. The third kappa shape index (κ3) is 7.18. The lowest BCUT2D eigenvalue weighted by molar-refractivity contribution is -0.138. The van der Waals surface area contributed by atoms with Gasteiger partial charge in [0.25, 0.3) is 11.5 Å². The number of methoxy groups -OCH3 is 1. The Labute approximate surface area is 268 Å². The number of alkyl halides is 3. The van der Waals surface area contributed by atoms with E-state index >= 15 is 0 Å². The van der Waals surface area contributed by atoms with Crippen LogP contribution in [0.15, 0.2) is 35.3 Å². The number of nitrogens with one attached hydrogen (secondary N) is 3. The number of aromatic nitrogens is 2. The van der Waals surface area contributed by atoms with Gasteiger partial charge in [-0.2, -0.15) is 13.2 Å². The number of amides is 3. The van der Waals surface area contributed by atoms with E-state index in [1.54, 1.807) is 0 Å². The molecule has 0 saturated heterocycles. The van der Waals surface area contributed by atoms with Crippen molar-refractivity contribution in [3.8, 4) is 0 Å². The lowest BCUT2D eigenvalue weighted by Crippen LogP contribution is -2.48. The predicted octanol–water partition coefficient (Wildman–Crippen LogP) is 4.21. The maximum atomic E-state index is 13.3. The van der Waals surface area contributed by atoms with Crippen LogP contribution in [0.1, 0.15) is 73.2 Å². The van der Waals surface area contributed by atoms with Crippen LogP contribution in [0.2, 0.25) is 0 Å². The van der Waals surface area contributed by atoms with Gasteiger partial charge in [0.2, 0.25) is 11.8 Å². The van der Waals surface area contributed by atoms with Crippen molar-refractivity contribution in [3.63, 3.8) is 0 Å². The van der Waals surface area contributed by atoms with Crippen molar-refractivity contribution in [2.75, 3.05) is 12.4 Å². The van der Waals surface area contributed by atoms with E-state index < -0.39 is 40.6 Å². The topological polar surface area (TPSA) is 148 Å². The van der Waals surface area contributed by atoms with Gasteiger partial charge in [-0.25, -0.2) is 9.78 Å². The van der Waals surface area contributed by atoms with Gasteiger partial charge in [-0.05, 0) is 67.9 Å². The fourth-order valence-corrected chi connectivity index (χ4v) is 7.36. The number of aryl methyl sites for hydroxylation is 1. The summed E-state index contributed by atoms with van der Waals surface area (Å²) >= 11 is 0.146. The molecule has 0 radical (unpaired) electrons. The third-order valence-corrected chi connectivity index (χ3v) is 10.9. The average Bonchev–Trinajstić information content (AvgIpc) is 3.54. The number of hydrogen-bond donors (Lipinski definition) is 3. The summed E-state index contributed by atoms with van der Waals surface area (Å²) in [4.78, 5) is 67.1. The molecule has 0 spiro atoms. The molecule has 2 heterocycles. The van der Waals surface area contributed by atoms with Gasteiger partial charge in [-0.15, -0.1) is 11.3 Å². The maximum Gasteiger partial charge on any atom is 0.443 e. The highest BCUT2D eigenvalue weighted by Gasteiger charge is 2.61. The van der Waals surface area contributed by atoms with E-state index in [4.69, 9.17) is 0 Å². The van der Waals surface area contributed by atoms with Gasteiger partial charge < -0.3 is 25.3 Å². The number of rotatable bonds is 11. The number of allylic oxidation sites excluding steroid dienone is 1.